The molecule has 1 aliphatic heterocycles. The molecule has 0 radical (unpaired) electrons. The molecule has 0 aromatic heterocycles. The van der Waals surface area contributed by atoms with E-state index >= 15 is 0 Å². The van der Waals surface area contributed by atoms with Gasteiger partial charge in [-0.3, -0.25) is 9.59 Å². The molecule has 1 fully saturated rings. The Hall–Kier alpha value is -1.88. The van der Waals surface area contributed by atoms with Gasteiger partial charge in [-0.25, -0.2) is 0 Å². The van der Waals surface area contributed by atoms with Gasteiger partial charge in [0.05, 0.1) is 0 Å². The van der Waals surface area contributed by atoms with Gasteiger partial charge in [0, 0.05) is 25.6 Å². The van der Waals surface area contributed by atoms with Crippen molar-refractivity contribution in [1.29, 1.82) is 0 Å². The zero-order valence-electron chi connectivity index (χ0n) is 15.9. The Bertz CT molecular complexity index is 600. The Morgan fingerprint density at radius 3 is 2.72 bits per heavy atom. The van der Waals surface area contributed by atoms with Crippen LogP contribution in [0.1, 0.15) is 44.7 Å². The molecule has 5 heteroatoms. The zero-order valence-corrected chi connectivity index (χ0v) is 15.9. The molecule has 0 saturated carbocycles. The molecule has 25 heavy (non-hydrogen) atoms. The summed E-state index contributed by atoms with van der Waals surface area (Å²) < 4.78 is 0. The van der Waals surface area contributed by atoms with Gasteiger partial charge in [-0.15, -0.1) is 0 Å². The van der Waals surface area contributed by atoms with Crippen LogP contribution in [-0.2, 0) is 22.7 Å². The van der Waals surface area contributed by atoms with Crippen LogP contribution in [0.25, 0.3) is 0 Å². The van der Waals surface area contributed by atoms with Crippen LogP contribution in [0.2, 0.25) is 0 Å². The van der Waals surface area contributed by atoms with Gasteiger partial charge in [-0.05, 0) is 37.6 Å². The molecule has 2 rings (SSSR count). The number of carbonyl (C=O) groups is 2. The molecule has 0 bridgehead atoms. The second-order valence-electron chi connectivity index (χ2n) is 7.21. The maximum absolute atomic E-state index is 12.6. The minimum Gasteiger partial charge on any atom is -0.350 e. The predicted octanol–water partition coefficient (Wildman–Crippen LogP) is 2.40. The Labute approximate surface area is 151 Å². The normalized spacial score (nSPS) is 17.4. The lowest BCUT2D eigenvalue weighted by Gasteiger charge is -2.25. The molecule has 1 aromatic carbocycles. The fraction of sp³-hybridized carbons (Fsp3) is 0.600. The first-order chi connectivity index (χ1) is 11.9. The van der Waals surface area contributed by atoms with Crippen LogP contribution in [0.4, 0.5) is 0 Å². The molecule has 0 aliphatic carbocycles. The first-order valence-corrected chi connectivity index (χ1v) is 9.27. The topological polar surface area (TPSA) is 52.7 Å². The van der Waals surface area contributed by atoms with Crippen LogP contribution in [-0.4, -0.2) is 47.8 Å². The maximum Gasteiger partial charge on any atom is 0.243 e. The van der Waals surface area contributed by atoms with E-state index in [1.165, 1.54) is 5.56 Å². The molecular formula is C20H31N3O2. The average Bonchev–Trinajstić information content (AvgIpc) is 3.08. The van der Waals surface area contributed by atoms with Crippen LogP contribution in [0, 0.1) is 5.92 Å². The molecule has 0 unspecified atom stereocenters. The van der Waals surface area contributed by atoms with Crippen molar-refractivity contribution in [2.45, 2.75) is 52.7 Å². The van der Waals surface area contributed by atoms with Crippen molar-refractivity contribution in [1.82, 2.24) is 15.1 Å². The van der Waals surface area contributed by atoms with Crippen molar-refractivity contribution in [2.24, 2.45) is 5.92 Å². The van der Waals surface area contributed by atoms with E-state index in [0.717, 1.165) is 31.5 Å². The number of hydrogen-bond donors (Lipinski definition) is 1. The van der Waals surface area contributed by atoms with Crippen molar-refractivity contribution >= 4 is 11.8 Å². The van der Waals surface area contributed by atoms with Gasteiger partial charge in [0.15, 0.2) is 0 Å². The number of nitrogens with zero attached hydrogens (tertiary/aromatic N) is 2. The van der Waals surface area contributed by atoms with Crippen LogP contribution in [0.3, 0.4) is 0 Å². The van der Waals surface area contributed by atoms with E-state index in [1.807, 2.05) is 26.0 Å². The Morgan fingerprint density at radius 1 is 1.32 bits per heavy atom. The van der Waals surface area contributed by atoms with Crippen molar-refractivity contribution in [3.8, 4) is 0 Å². The molecular weight excluding hydrogens is 314 g/mol. The van der Waals surface area contributed by atoms with Crippen molar-refractivity contribution in [2.75, 3.05) is 20.1 Å². The van der Waals surface area contributed by atoms with Gasteiger partial charge >= 0.3 is 0 Å². The smallest absolute Gasteiger partial charge is 0.243 e. The summed E-state index contributed by atoms with van der Waals surface area (Å²) in [6.07, 6.45) is 1.65. The largest absolute Gasteiger partial charge is 0.350 e. The van der Waals surface area contributed by atoms with E-state index in [2.05, 4.69) is 36.3 Å². The zero-order chi connectivity index (χ0) is 18.4. The van der Waals surface area contributed by atoms with E-state index in [0.29, 0.717) is 13.1 Å². The van der Waals surface area contributed by atoms with Crippen LogP contribution >= 0.6 is 0 Å². The average molecular weight is 345 g/mol. The third-order valence-electron chi connectivity index (χ3n) is 4.78. The monoisotopic (exact) mass is 345 g/mol. The minimum atomic E-state index is -0.315. The summed E-state index contributed by atoms with van der Waals surface area (Å²) >= 11 is 0. The summed E-state index contributed by atoms with van der Waals surface area (Å²) in [6, 6.07) is 7.99. The van der Waals surface area contributed by atoms with Gasteiger partial charge in [0.2, 0.25) is 11.8 Å². The molecule has 1 aromatic rings. The summed E-state index contributed by atoms with van der Waals surface area (Å²) in [5.41, 5.74) is 2.34. The number of hydrogen-bond acceptors (Lipinski definition) is 3. The lowest BCUT2D eigenvalue weighted by atomic mass is 10.1. The highest BCUT2D eigenvalue weighted by atomic mass is 16.2. The maximum atomic E-state index is 12.6. The summed E-state index contributed by atoms with van der Waals surface area (Å²) in [5.74, 6) is -0.0366. The first kappa shape index (κ1) is 19.4. The Morgan fingerprint density at radius 2 is 2.04 bits per heavy atom. The fourth-order valence-corrected chi connectivity index (χ4v) is 3.20. The molecule has 0 spiro atoms. The van der Waals surface area contributed by atoms with Gasteiger partial charge in [-0.1, -0.05) is 45.0 Å². The predicted molar refractivity (Wildman–Crippen MR) is 99.9 cm³/mol. The summed E-state index contributed by atoms with van der Waals surface area (Å²) in [7, 11) is 2.09. The first-order valence-electron chi connectivity index (χ1n) is 9.27. The number of carbonyl (C=O) groups excluding carboxylic acids is 2. The Balaban J connectivity index is 1.93. The van der Waals surface area contributed by atoms with Gasteiger partial charge in [0.1, 0.15) is 6.04 Å². The molecule has 1 N–H and O–H groups in total. The van der Waals surface area contributed by atoms with E-state index in [4.69, 9.17) is 0 Å². The third kappa shape index (κ3) is 5.30. The number of nitrogens with one attached hydrogen (secondary N) is 1. The standard InChI is InChI=1S/C20H31N3O2/c1-5-22(4)14-17-9-6-8-16(12-17)13-21-19(24)18-10-7-11-23(18)20(25)15(2)3/h6,8-9,12,15,18H,5,7,10-11,13-14H2,1-4H3,(H,21,24)/t18-/m0/s1. The molecule has 1 aliphatic rings. The highest BCUT2D eigenvalue weighted by Gasteiger charge is 2.34. The molecule has 1 saturated heterocycles. The van der Waals surface area contributed by atoms with Crippen LogP contribution in [0.5, 0.6) is 0 Å². The molecule has 2 amide bonds. The van der Waals surface area contributed by atoms with Gasteiger partial charge in [-0.2, -0.15) is 0 Å². The summed E-state index contributed by atoms with van der Waals surface area (Å²) in [5, 5.41) is 3.01. The van der Waals surface area contributed by atoms with Crippen molar-refractivity contribution in [3.05, 3.63) is 35.4 Å². The quantitative estimate of drug-likeness (QED) is 0.826. The summed E-state index contributed by atoms with van der Waals surface area (Å²) in [4.78, 5) is 28.8. The molecule has 1 atom stereocenters. The number of amides is 2. The lowest BCUT2D eigenvalue weighted by Crippen LogP contribution is -2.47. The third-order valence-corrected chi connectivity index (χ3v) is 4.78. The Kier molecular flexibility index (Phi) is 7.00. The SMILES string of the molecule is CCN(C)Cc1cccc(CNC(=O)[C@@H]2CCCN2C(=O)C(C)C)c1. The highest BCUT2D eigenvalue weighted by molar-refractivity contribution is 5.88. The highest BCUT2D eigenvalue weighted by Crippen LogP contribution is 2.20. The summed E-state index contributed by atoms with van der Waals surface area (Å²) in [6.45, 7) is 9.00. The van der Waals surface area contributed by atoms with E-state index in [1.54, 1.807) is 4.90 Å². The van der Waals surface area contributed by atoms with Crippen molar-refractivity contribution < 1.29 is 9.59 Å². The second kappa shape index (κ2) is 8.99. The van der Waals surface area contributed by atoms with Gasteiger partial charge < -0.3 is 15.1 Å². The fourth-order valence-electron chi connectivity index (χ4n) is 3.20. The van der Waals surface area contributed by atoms with E-state index < -0.39 is 0 Å². The molecule has 138 valence electrons. The minimum absolute atomic E-state index is 0.0393. The lowest BCUT2D eigenvalue weighted by molar-refractivity contribution is -0.140. The van der Waals surface area contributed by atoms with E-state index in [-0.39, 0.29) is 23.8 Å². The van der Waals surface area contributed by atoms with Crippen molar-refractivity contribution in [3.63, 3.8) is 0 Å². The second-order valence-corrected chi connectivity index (χ2v) is 7.21. The van der Waals surface area contributed by atoms with E-state index in [9.17, 15) is 9.59 Å². The van der Waals surface area contributed by atoms with Gasteiger partial charge in [0.25, 0.3) is 0 Å². The van der Waals surface area contributed by atoms with Crippen LogP contribution < -0.4 is 5.32 Å². The molecule has 1 heterocycles. The number of likely N-dealkylation sites (tertiary alicyclic amines) is 1. The van der Waals surface area contributed by atoms with Crippen LogP contribution in [0.15, 0.2) is 24.3 Å². The number of rotatable bonds is 7. The molecule has 5 nitrogen and oxygen atoms in total. The number of benzene rings is 1.